The number of thiophene rings is 1. The number of carbonyl (C=O) groups is 1. The fourth-order valence-electron chi connectivity index (χ4n) is 3.72. The quantitative estimate of drug-likeness (QED) is 0.820. The molecule has 6 nitrogen and oxygen atoms in total. The van der Waals surface area contributed by atoms with Gasteiger partial charge in [-0.15, -0.1) is 11.3 Å². The lowest BCUT2D eigenvalue weighted by molar-refractivity contribution is -0.142. The average molecular weight is 353 g/mol. The lowest BCUT2D eigenvalue weighted by Crippen LogP contribution is -2.55. The Morgan fingerprint density at radius 3 is 2.83 bits per heavy atom. The first kappa shape index (κ1) is 17.8. The van der Waals surface area contributed by atoms with Gasteiger partial charge in [-0.1, -0.05) is 6.07 Å². The molecule has 2 saturated heterocycles. The minimum atomic E-state index is -0.681. The zero-order chi connectivity index (χ0) is 16.9. The molecule has 0 aliphatic carbocycles. The van der Waals surface area contributed by atoms with E-state index in [1.165, 1.54) is 4.88 Å². The number of methoxy groups -OCH3 is 1. The van der Waals surface area contributed by atoms with Crippen molar-refractivity contribution < 1.29 is 14.6 Å². The van der Waals surface area contributed by atoms with Crippen molar-refractivity contribution in [2.24, 2.45) is 5.92 Å². The molecule has 0 saturated carbocycles. The fourth-order valence-corrected chi connectivity index (χ4v) is 4.47. The van der Waals surface area contributed by atoms with Crippen LogP contribution in [-0.4, -0.2) is 91.3 Å². The predicted molar refractivity (Wildman–Crippen MR) is 94.4 cm³/mol. The van der Waals surface area contributed by atoms with Crippen LogP contribution in [0.5, 0.6) is 0 Å². The van der Waals surface area contributed by atoms with E-state index in [0.717, 1.165) is 39.3 Å². The van der Waals surface area contributed by atoms with Gasteiger partial charge in [0.2, 0.25) is 0 Å². The molecule has 1 aromatic rings. The van der Waals surface area contributed by atoms with Gasteiger partial charge in [-0.3, -0.25) is 19.5 Å². The van der Waals surface area contributed by atoms with Gasteiger partial charge in [-0.2, -0.15) is 0 Å². The Kier molecular flexibility index (Phi) is 6.24. The van der Waals surface area contributed by atoms with Crippen molar-refractivity contribution in [2.45, 2.75) is 12.6 Å². The summed E-state index contributed by atoms with van der Waals surface area (Å²) in [5.41, 5.74) is 0. The topological polar surface area (TPSA) is 56.2 Å². The summed E-state index contributed by atoms with van der Waals surface area (Å²) < 4.78 is 5.20. The van der Waals surface area contributed by atoms with Gasteiger partial charge in [0.05, 0.1) is 12.5 Å². The highest BCUT2D eigenvalue weighted by atomic mass is 32.1. The molecule has 1 N–H and O–H groups in total. The molecule has 0 bridgehead atoms. The van der Waals surface area contributed by atoms with Gasteiger partial charge < -0.3 is 9.84 Å². The molecule has 0 spiro atoms. The number of carboxylic acids is 1. The Bertz CT molecular complexity index is 525. The molecule has 1 aromatic heterocycles. The largest absolute Gasteiger partial charge is 0.481 e. The standard InChI is InChI=1S/C17H27N3O3S/c1-23-7-6-19-9-14(17(21)22)10-20-5-4-18(11-15(20)12-19)13-16-3-2-8-24-16/h2-3,8,14-15H,4-7,9-13H2,1H3,(H,21,22). The molecule has 0 amide bonds. The molecular formula is C17H27N3O3S. The van der Waals surface area contributed by atoms with Crippen LogP contribution < -0.4 is 0 Å². The number of rotatable bonds is 6. The van der Waals surface area contributed by atoms with Gasteiger partial charge in [-0.05, 0) is 11.4 Å². The average Bonchev–Trinajstić information content (AvgIpc) is 2.99. The van der Waals surface area contributed by atoms with Crippen molar-refractivity contribution in [3.05, 3.63) is 22.4 Å². The van der Waals surface area contributed by atoms with Crippen LogP contribution in [0.1, 0.15) is 4.88 Å². The first-order valence-corrected chi connectivity index (χ1v) is 9.46. The van der Waals surface area contributed by atoms with Gasteiger partial charge in [0.15, 0.2) is 0 Å². The summed E-state index contributed by atoms with van der Waals surface area (Å²) in [5, 5.41) is 11.7. The molecule has 0 radical (unpaired) electrons. The zero-order valence-electron chi connectivity index (χ0n) is 14.3. The van der Waals surface area contributed by atoms with Crippen LogP contribution in [0.15, 0.2) is 17.5 Å². The maximum absolute atomic E-state index is 11.6. The minimum absolute atomic E-state index is 0.310. The third kappa shape index (κ3) is 4.55. The zero-order valence-corrected chi connectivity index (χ0v) is 15.1. The van der Waals surface area contributed by atoms with Crippen LogP contribution in [0, 0.1) is 5.92 Å². The number of fused-ring (bicyclic) bond motifs is 1. The molecule has 2 unspecified atom stereocenters. The number of ether oxygens (including phenoxy) is 1. The first-order valence-electron chi connectivity index (χ1n) is 8.58. The third-order valence-electron chi connectivity index (χ3n) is 5.01. The van der Waals surface area contributed by atoms with Crippen LogP contribution in [0.4, 0.5) is 0 Å². The van der Waals surface area contributed by atoms with Gasteiger partial charge in [-0.25, -0.2) is 0 Å². The van der Waals surface area contributed by atoms with Crippen molar-refractivity contribution in [3.8, 4) is 0 Å². The number of carboxylic acid groups (broad SMARTS) is 1. The molecule has 7 heteroatoms. The van der Waals surface area contributed by atoms with Gasteiger partial charge in [0.25, 0.3) is 0 Å². The Morgan fingerprint density at radius 1 is 1.29 bits per heavy atom. The van der Waals surface area contributed by atoms with Gasteiger partial charge in [0.1, 0.15) is 0 Å². The van der Waals surface area contributed by atoms with E-state index < -0.39 is 5.97 Å². The maximum Gasteiger partial charge on any atom is 0.309 e. The molecule has 3 heterocycles. The predicted octanol–water partition coefficient (Wildman–Crippen LogP) is 0.897. The van der Waals surface area contributed by atoms with Crippen molar-refractivity contribution >= 4 is 17.3 Å². The lowest BCUT2D eigenvalue weighted by Gasteiger charge is -2.41. The summed E-state index contributed by atoms with van der Waals surface area (Å²) in [5.74, 6) is -0.991. The Hall–Kier alpha value is -0.990. The van der Waals surface area contributed by atoms with Crippen LogP contribution in [0.2, 0.25) is 0 Å². The highest BCUT2D eigenvalue weighted by Crippen LogP contribution is 2.21. The van der Waals surface area contributed by atoms with E-state index >= 15 is 0 Å². The molecule has 2 atom stereocenters. The van der Waals surface area contributed by atoms with Crippen molar-refractivity contribution in [2.75, 3.05) is 59.5 Å². The molecule has 2 aliphatic rings. The molecule has 2 aliphatic heterocycles. The van der Waals surface area contributed by atoms with Crippen molar-refractivity contribution in [1.29, 1.82) is 0 Å². The monoisotopic (exact) mass is 353 g/mol. The molecule has 24 heavy (non-hydrogen) atoms. The number of hydrogen-bond acceptors (Lipinski definition) is 6. The number of hydrogen-bond donors (Lipinski definition) is 1. The smallest absolute Gasteiger partial charge is 0.309 e. The highest BCUT2D eigenvalue weighted by Gasteiger charge is 2.36. The SMILES string of the molecule is COCCN1CC(C(=O)O)CN2CCN(Cc3cccs3)CC2C1. The van der Waals surface area contributed by atoms with E-state index in [1.54, 1.807) is 18.4 Å². The van der Waals surface area contributed by atoms with Crippen LogP contribution >= 0.6 is 11.3 Å². The van der Waals surface area contributed by atoms with E-state index in [1.807, 2.05) is 0 Å². The second-order valence-electron chi connectivity index (χ2n) is 6.75. The second-order valence-corrected chi connectivity index (χ2v) is 7.78. The van der Waals surface area contributed by atoms with Gasteiger partial charge >= 0.3 is 5.97 Å². The van der Waals surface area contributed by atoms with E-state index in [0.29, 0.717) is 25.7 Å². The van der Waals surface area contributed by atoms with E-state index in [2.05, 4.69) is 32.2 Å². The molecular weight excluding hydrogens is 326 g/mol. The number of piperazine rings is 1. The Labute approximate surface area is 147 Å². The number of nitrogens with zero attached hydrogens (tertiary/aromatic N) is 3. The van der Waals surface area contributed by atoms with Crippen LogP contribution in [0.3, 0.4) is 0 Å². The normalized spacial score (nSPS) is 26.9. The Morgan fingerprint density at radius 2 is 2.12 bits per heavy atom. The summed E-state index contributed by atoms with van der Waals surface area (Å²) in [4.78, 5) is 20.1. The molecule has 134 valence electrons. The van der Waals surface area contributed by atoms with E-state index in [9.17, 15) is 9.90 Å². The van der Waals surface area contributed by atoms with Crippen molar-refractivity contribution in [3.63, 3.8) is 0 Å². The molecule has 2 fully saturated rings. The lowest BCUT2D eigenvalue weighted by atomic mass is 10.1. The summed E-state index contributed by atoms with van der Waals surface area (Å²) in [6.45, 7) is 7.64. The summed E-state index contributed by atoms with van der Waals surface area (Å²) in [6.07, 6.45) is 0. The fraction of sp³-hybridized carbons (Fsp3) is 0.706. The van der Waals surface area contributed by atoms with Crippen molar-refractivity contribution in [1.82, 2.24) is 14.7 Å². The summed E-state index contributed by atoms with van der Waals surface area (Å²) in [7, 11) is 1.70. The van der Waals surface area contributed by atoms with E-state index in [4.69, 9.17) is 4.74 Å². The Balaban J connectivity index is 1.64. The second kappa shape index (κ2) is 8.40. The van der Waals surface area contributed by atoms with Gasteiger partial charge in [0, 0.05) is 70.4 Å². The highest BCUT2D eigenvalue weighted by molar-refractivity contribution is 7.09. The minimum Gasteiger partial charge on any atom is -0.481 e. The molecule has 0 aromatic carbocycles. The first-order chi connectivity index (χ1) is 11.7. The van der Waals surface area contributed by atoms with Crippen LogP contribution in [-0.2, 0) is 16.1 Å². The third-order valence-corrected chi connectivity index (χ3v) is 5.87. The molecule has 3 rings (SSSR count). The maximum atomic E-state index is 11.6. The number of aliphatic carboxylic acids is 1. The van der Waals surface area contributed by atoms with Crippen LogP contribution in [0.25, 0.3) is 0 Å². The van der Waals surface area contributed by atoms with E-state index in [-0.39, 0.29) is 5.92 Å². The summed E-state index contributed by atoms with van der Waals surface area (Å²) >= 11 is 1.81. The summed E-state index contributed by atoms with van der Waals surface area (Å²) in [6, 6.07) is 4.70.